The summed E-state index contributed by atoms with van der Waals surface area (Å²) >= 11 is 0. The lowest BCUT2D eigenvalue weighted by atomic mass is 9.85. The second-order valence-corrected chi connectivity index (χ2v) is 13.6. The molecule has 1 atom stereocenters. The third-order valence-electron chi connectivity index (χ3n) is 11.1. The maximum atomic E-state index is 3.82. The molecule has 11 rings (SSSR count). The standard InChI is InChI=1S/C46H32N2/c1-2-10-28(11-3-1)29-12-8-13-32(24-29)48-43-19-7-6-16-35(43)38-25-31(21-23-44(38)48)30-20-22-41-40(26-30)46-37-18-9-17-36-33-14-4-5-15-34(33)39(45(36)37)27-42(46)47-41/h1-7,9-12,14-25,27,30,47H,8,13,26H2. The van der Waals surface area contributed by atoms with E-state index in [4.69, 9.17) is 0 Å². The Labute approximate surface area is 279 Å². The molecule has 2 heterocycles. The zero-order valence-electron chi connectivity index (χ0n) is 26.5. The van der Waals surface area contributed by atoms with Crippen LogP contribution in [0.3, 0.4) is 0 Å². The maximum absolute atomic E-state index is 3.82. The van der Waals surface area contributed by atoms with E-state index in [1.54, 1.807) is 0 Å². The Balaban J connectivity index is 1.03. The third kappa shape index (κ3) is 3.63. The van der Waals surface area contributed by atoms with Gasteiger partial charge < -0.3 is 9.55 Å². The molecular formula is C46H32N2. The molecule has 0 spiro atoms. The van der Waals surface area contributed by atoms with Crippen LogP contribution in [0.25, 0.3) is 83.1 Å². The number of nitrogens with one attached hydrogen (secondary N) is 1. The summed E-state index contributed by atoms with van der Waals surface area (Å²) < 4.78 is 2.51. The summed E-state index contributed by atoms with van der Waals surface area (Å²) in [5.74, 6) is 0.310. The Morgan fingerprint density at radius 2 is 1.40 bits per heavy atom. The molecule has 2 heteroatoms. The van der Waals surface area contributed by atoms with Crippen LogP contribution in [0.2, 0.25) is 0 Å². The van der Waals surface area contributed by atoms with Gasteiger partial charge in [-0.2, -0.15) is 0 Å². The van der Waals surface area contributed by atoms with Crippen LogP contribution in [0.15, 0.2) is 140 Å². The lowest BCUT2D eigenvalue weighted by Gasteiger charge is -2.20. The van der Waals surface area contributed by atoms with Gasteiger partial charge in [0.25, 0.3) is 0 Å². The number of hydrogen-bond donors (Lipinski definition) is 1. The van der Waals surface area contributed by atoms with Crippen molar-refractivity contribution in [2.75, 3.05) is 0 Å². The zero-order valence-corrected chi connectivity index (χ0v) is 26.5. The summed E-state index contributed by atoms with van der Waals surface area (Å²) in [4.78, 5) is 3.82. The fourth-order valence-electron chi connectivity index (χ4n) is 8.96. The first-order valence-corrected chi connectivity index (χ1v) is 17.2. The van der Waals surface area contributed by atoms with Gasteiger partial charge in [-0.15, -0.1) is 0 Å². The molecule has 8 aromatic rings. The number of para-hydroxylation sites is 1. The predicted molar refractivity (Wildman–Crippen MR) is 203 cm³/mol. The van der Waals surface area contributed by atoms with E-state index in [9.17, 15) is 0 Å². The van der Waals surface area contributed by atoms with Gasteiger partial charge in [0.05, 0.1) is 11.0 Å². The predicted octanol–water partition coefficient (Wildman–Crippen LogP) is 12.1. The number of aromatic amines is 1. The molecule has 2 aromatic heterocycles. The van der Waals surface area contributed by atoms with E-state index in [0.717, 1.165) is 19.3 Å². The molecule has 0 saturated carbocycles. The van der Waals surface area contributed by atoms with Gasteiger partial charge >= 0.3 is 0 Å². The van der Waals surface area contributed by atoms with Gasteiger partial charge in [-0.25, -0.2) is 0 Å². The molecule has 0 bridgehead atoms. The molecule has 0 saturated heterocycles. The summed E-state index contributed by atoms with van der Waals surface area (Å²) in [6, 6.07) is 45.1. The Hall–Kier alpha value is -5.86. The highest BCUT2D eigenvalue weighted by molar-refractivity contribution is 6.24. The minimum Gasteiger partial charge on any atom is -0.355 e. The van der Waals surface area contributed by atoms with Crippen LogP contribution in [0.1, 0.15) is 41.1 Å². The van der Waals surface area contributed by atoms with E-state index in [-0.39, 0.29) is 0 Å². The van der Waals surface area contributed by atoms with E-state index in [0.29, 0.717) is 5.92 Å². The molecule has 0 fully saturated rings. The van der Waals surface area contributed by atoms with E-state index in [1.807, 2.05) is 0 Å². The number of rotatable bonds is 3. The number of aromatic nitrogens is 2. The van der Waals surface area contributed by atoms with Gasteiger partial charge in [0.2, 0.25) is 0 Å². The Kier molecular flexibility index (Phi) is 5.37. The highest BCUT2D eigenvalue weighted by atomic mass is 15.0. The van der Waals surface area contributed by atoms with Gasteiger partial charge in [-0.05, 0) is 111 Å². The molecule has 3 aliphatic carbocycles. The molecule has 0 aliphatic heterocycles. The molecule has 226 valence electrons. The van der Waals surface area contributed by atoms with E-state index >= 15 is 0 Å². The lowest BCUT2D eigenvalue weighted by molar-refractivity contribution is 0.833. The first-order valence-electron chi connectivity index (χ1n) is 17.2. The van der Waals surface area contributed by atoms with Gasteiger partial charge in [-0.1, -0.05) is 109 Å². The van der Waals surface area contributed by atoms with Gasteiger partial charge in [0, 0.05) is 39.0 Å². The maximum Gasteiger partial charge on any atom is 0.0538 e. The fourth-order valence-corrected chi connectivity index (χ4v) is 8.96. The average Bonchev–Trinajstić information content (AvgIpc) is 3.80. The summed E-state index contributed by atoms with van der Waals surface area (Å²) in [6.07, 6.45) is 12.6. The Bertz CT molecular complexity index is 2750. The van der Waals surface area contributed by atoms with E-state index < -0.39 is 0 Å². The smallest absolute Gasteiger partial charge is 0.0538 e. The molecule has 0 radical (unpaired) electrons. The van der Waals surface area contributed by atoms with Gasteiger partial charge in [-0.3, -0.25) is 0 Å². The van der Waals surface area contributed by atoms with Crippen LogP contribution >= 0.6 is 0 Å². The molecule has 2 nitrogen and oxygen atoms in total. The van der Waals surface area contributed by atoms with Crippen LogP contribution in [-0.2, 0) is 6.42 Å². The van der Waals surface area contributed by atoms with E-state index in [1.165, 1.54) is 99.4 Å². The number of fused-ring (bicyclic) bond motifs is 10. The number of nitrogens with zero attached hydrogens (tertiary/aromatic N) is 1. The van der Waals surface area contributed by atoms with Crippen LogP contribution < -0.4 is 0 Å². The van der Waals surface area contributed by atoms with Gasteiger partial charge in [0.15, 0.2) is 0 Å². The molecule has 6 aromatic carbocycles. The fraction of sp³-hybridized carbons (Fsp3) is 0.0870. The average molecular weight is 613 g/mol. The summed E-state index contributed by atoms with van der Waals surface area (Å²) in [5.41, 5.74) is 17.2. The SMILES string of the molecule is C1=CC(c2ccc3c(c2)c2ccccc2n3C2=CC(c3ccccc3)=CCC2)Cc2c1[nH]c1cc3c4c(cccc4c21)-c1ccccc1-3. The number of hydrogen-bond acceptors (Lipinski definition) is 0. The van der Waals surface area contributed by atoms with Gasteiger partial charge in [0.1, 0.15) is 0 Å². The van der Waals surface area contributed by atoms with Crippen molar-refractivity contribution in [1.82, 2.24) is 9.55 Å². The minimum absolute atomic E-state index is 0.310. The third-order valence-corrected chi connectivity index (χ3v) is 11.1. The monoisotopic (exact) mass is 612 g/mol. The molecular weight excluding hydrogens is 581 g/mol. The summed E-state index contributed by atoms with van der Waals surface area (Å²) in [5, 5.41) is 6.81. The van der Waals surface area contributed by atoms with Crippen molar-refractivity contribution in [3.8, 4) is 22.3 Å². The highest BCUT2D eigenvalue weighted by Crippen LogP contribution is 2.51. The largest absolute Gasteiger partial charge is 0.355 e. The summed E-state index contributed by atoms with van der Waals surface area (Å²) in [7, 11) is 0. The van der Waals surface area contributed by atoms with Crippen molar-refractivity contribution in [1.29, 1.82) is 0 Å². The molecule has 0 amide bonds. The first kappa shape index (κ1) is 26.2. The second-order valence-electron chi connectivity index (χ2n) is 13.6. The van der Waals surface area contributed by atoms with Crippen LogP contribution in [-0.4, -0.2) is 9.55 Å². The van der Waals surface area contributed by atoms with Crippen molar-refractivity contribution >= 4 is 60.8 Å². The normalized spacial score (nSPS) is 16.5. The Morgan fingerprint density at radius 3 is 2.31 bits per heavy atom. The van der Waals surface area contributed by atoms with Crippen molar-refractivity contribution in [2.45, 2.75) is 25.2 Å². The van der Waals surface area contributed by atoms with Crippen LogP contribution in [0.4, 0.5) is 0 Å². The molecule has 48 heavy (non-hydrogen) atoms. The molecule has 1 unspecified atom stereocenters. The second kappa shape index (κ2) is 9.82. The van der Waals surface area contributed by atoms with Crippen LogP contribution in [0, 0.1) is 0 Å². The van der Waals surface area contributed by atoms with Crippen LogP contribution in [0.5, 0.6) is 0 Å². The van der Waals surface area contributed by atoms with Crippen molar-refractivity contribution < 1.29 is 0 Å². The number of benzene rings is 6. The molecule has 1 N–H and O–H groups in total. The summed E-state index contributed by atoms with van der Waals surface area (Å²) in [6.45, 7) is 0. The zero-order chi connectivity index (χ0) is 31.3. The highest BCUT2D eigenvalue weighted by Gasteiger charge is 2.27. The van der Waals surface area contributed by atoms with E-state index in [2.05, 4.69) is 155 Å². The topological polar surface area (TPSA) is 20.7 Å². The first-order chi connectivity index (χ1) is 23.8. The van der Waals surface area contributed by atoms with Crippen molar-refractivity contribution in [2.24, 2.45) is 0 Å². The van der Waals surface area contributed by atoms with Crippen molar-refractivity contribution in [3.05, 3.63) is 162 Å². The minimum atomic E-state index is 0.310. The number of allylic oxidation sites excluding steroid dienone is 5. The quantitative estimate of drug-likeness (QED) is 0.205. The molecule has 3 aliphatic rings. The van der Waals surface area contributed by atoms with Crippen molar-refractivity contribution in [3.63, 3.8) is 0 Å². The number of H-pyrrole nitrogens is 1. The Morgan fingerprint density at radius 1 is 0.625 bits per heavy atom. The lowest BCUT2D eigenvalue weighted by Crippen LogP contribution is -2.05.